The Morgan fingerprint density at radius 1 is 1.35 bits per heavy atom. The average Bonchev–Trinajstić information content (AvgIpc) is 2.53. The number of aryl methyl sites for hydroxylation is 1. The molecule has 1 amide bonds. The van der Waals surface area contributed by atoms with Gasteiger partial charge >= 0.3 is 0 Å². The zero-order chi connectivity index (χ0) is 15.8. The van der Waals surface area contributed by atoms with Gasteiger partial charge in [0, 0.05) is 12.6 Å². The Bertz CT molecular complexity index is 476. The second-order valence-corrected chi connectivity index (χ2v) is 5.98. The number of rotatable bonds is 7. The molecule has 4 nitrogen and oxygen atoms in total. The van der Waals surface area contributed by atoms with Crippen molar-refractivity contribution >= 4 is 18.3 Å². The van der Waals surface area contributed by atoms with Gasteiger partial charge in [0.25, 0.3) is 0 Å². The number of carbonyl (C=O) groups excluding carboxylic acids is 1. The quantitative estimate of drug-likeness (QED) is 0.829. The fourth-order valence-corrected chi connectivity index (χ4v) is 2.98. The van der Waals surface area contributed by atoms with Gasteiger partial charge in [0.15, 0.2) is 0 Å². The molecule has 23 heavy (non-hydrogen) atoms. The Morgan fingerprint density at radius 2 is 2.09 bits per heavy atom. The van der Waals surface area contributed by atoms with E-state index in [-0.39, 0.29) is 18.3 Å². The molecule has 0 atom stereocenters. The van der Waals surface area contributed by atoms with Crippen LogP contribution in [0.2, 0.25) is 0 Å². The van der Waals surface area contributed by atoms with Crippen LogP contribution >= 0.6 is 12.4 Å². The number of halogens is 1. The maximum Gasteiger partial charge on any atom is 0.226 e. The summed E-state index contributed by atoms with van der Waals surface area (Å²) >= 11 is 0. The zero-order valence-electron chi connectivity index (χ0n) is 14.2. The first-order valence-corrected chi connectivity index (χ1v) is 8.40. The van der Waals surface area contributed by atoms with Gasteiger partial charge in [0.1, 0.15) is 5.75 Å². The first kappa shape index (κ1) is 19.8. The summed E-state index contributed by atoms with van der Waals surface area (Å²) in [5, 5.41) is 3.36. The molecule has 1 aromatic rings. The Morgan fingerprint density at radius 3 is 2.74 bits per heavy atom. The summed E-state index contributed by atoms with van der Waals surface area (Å²) in [4.78, 5) is 14.6. The van der Waals surface area contributed by atoms with Crippen molar-refractivity contribution in [1.29, 1.82) is 0 Å². The molecule has 1 N–H and O–H groups in total. The third kappa shape index (κ3) is 6.40. The summed E-state index contributed by atoms with van der Waals surface area (Å²) in [7, 11) is 0. The third-order valence-corrected chi connectivity index (χ3v) is 4.11. The molecule has 0 bridgehead atoms. The van der Waals surface area contributed by atoms with E-state index in [0.717, 1.165) is 44.6 Å². The van der Waals surface area contributed by atoms with E-state index < -0.39 is 0 Å². The second-order valence-electron chi connectivity index (χ2n) is 5.98. The molecular weight excluding hydrogens is 312 g/mol. The van der Waals surface area contributed by atoms with Crippen LogP contribution in [0.25, 0.3) is 0 Å². The lowest BCUT2D eigenvalue weighted by molar-refractivity contribution is -0.134. The van der Waals surface area contributed by atoms with Gasteiger partial charge in [-0.1, -0.05) is 19.1 Å². The van der Waals surface area contributed by atoms with Crippen LogP contribution in [0.4, 0.5) is 0 Å². The topological polar surface area (TPSA) is 41.6 Å². The summed E-state index contributed by atoms with van der Waals surface area (Å²) in [5.74, 6) is 1.07. The minimum Gasteiger partial charge on any atom is -0.493 e. The van der Waals surface area contributed by atoms with Crippen LogP contribution in [0, 0.1) is 6.92 Å². The number of benzene rings is 1. The highest BCUT2D eigenvalue weighted by atomic mass is 35.5. The average molecular weight is 341 g/mol. The molecule has 1 fully saturated rings. The molecule has 2 rings (SSSR count). The lowest BCUT2D eigenvalue weighted by atomic mass is 10.0. The Balaban J connectivity index is 0.00000264. The minimum atomic E-state index is 0. The van der Waals surface area contributed by atoms with Gasteiger partial charge in [-0.2, -0.15) is 0 Å². The highest BCUT2D eigenvalue weighted by Gasteiger charge is 2.24. The van der Waals surface area contributed by atoms with Gasteiger partial charge in [0.05, 0.1) is 13.0 Å². The minimum absolute atomic E-state index is 0. The van der Waals surface area contributed by atoms with E-state index in [4.69, 9.17) is 4.74 Å². The standard InChI is InChI=1S/C18H28N2O2.ClH/c1-3-12-20(16-7-10-19-11-8-16)18(21)9-13-22-17-6-4-5-15(2)14-17;/h4-6,14,16,19H,3,7-13H2,1-2H3;1H. The highest BCUT2D eigenvalue weighted by Crippen LogP contribution is 2.15. The third-order valence-electron chi connectivity index (χ3n) is 4.11. The van der Waals surface area contributed by atoms with Crippen molar-refractivity contribution in [2.24, 2.45) is 0 Å². The maximum atomic E-state index is 12.5. The van der Waals surface area contributed by atoms with Crippen LogP contribution in [0.3, 0.4) is 0 Å². The summed E-state index contributed by atoms with van der Waals surface area (Å²) in [5.41, 5.74) is 1.17. The van der Waals surface area contributed by atoms with Crippen molar-refractivity contribution < 1.29 is 9.53 Å². The zero-order valence-corrected chi connectivity index (χ0v) is 15.0. The second kappa shape index (κ2) is 10.5. The van der Waals surface area contributed by atoms with Crippen molar-refractivity contribution in [3.8, 4) is 5.75 Å². The molecule has 5 heteroatoms. The molecule has 1 heterocycles. The Hall–Kier alpha value is -1.26. The smallest absolute Gasteiger partial charge is 0.226 e. The lowest BCUT2D eigenvalue weighted by Gasteiger charge is -2.34. The van der Waals surface area contributed by atoms with E-state index in [0.29, 0.717) is 19.1 Å². The summed E-state index contributed by atoms with van der Waals surface area (Å²) < 4.78 is 5.71. The van der Waals surface area contributed by atoms with E-state index in [1.807, 2.05) is 31.2 Å². The van der Waals surface area contributed by atoms with Gasteiger partial charge in [-0.15, -0.1) is 12.4 Å². The molecule has 0 unspecified atom stereocenters. The predicted molar refractivity (Wildman–Crippen MR) is 96.4 cm³/mol. The van der Waals surface area contributed by atoms with Crippen LogP contribution in [0.5, 0.6) is 5.75 Å². The number of carbonyl (C=O) groups is 1. The highest BCUT2D eigenvalue weighted by molar-refractivity contribution is 5.85. The van der Waals surface area contributed by atoms with Crippen LogP contribution in [-0.2, 0) is 4.79 Å². The molecule has 1 aliphatic heterocycles. The van der Waals surface area contributed by atoms with Crippen LogP contribution in [-0.4, -0.2) is 43.1 Å². The van der Waals surface area contributed by atoms with E-state index in [1.165, 1.54) is 5.56 Å². The monoisotopic (exact) mass is 340 g/mol. The van der Waals surface area contributed by atoms with E-state index >= 15 is 0 Å². The van der Waals surface area contributed by atoms with Crippen molar-refractivity contribution in [2.75, 3.05) is 26.2 Å². The van der Waals surface area contributed by atoms with Gasteiger partial charge < -0.3 is 15.0 Å². The van der Waals surface area contributed by atoms with E-state index in [9.17, 15) is 4.79 Å². The van der Waals surface area contributed by atoms with E-state index in [2.05, 4.69) is 17.1 Å². The molecule has 1 aliphatic rings. The van der Waals surface area contributed by atoms with Crippen LogP contribution in [0.1, 0.15) is 38.2 Å². The lowest BCUT2D eigenvalue weighted by Crippen LogP contribution is -2.46. The van der Waals surface area contributed by atoms with Crippen molar-refractivity contribution in [2.45, 2.75) is 45.6 Å². The first-order valence-electron chi connectivity index (χ1n) is 8.40. The molecule has 0 radical (unpaired) electrons. The largest absolute Gasteiger partial charge is 0.493 e. The van der Waals surface area contributed by atoms with Crippen molar-refractivity contribution in [3.05, 3.63) is 29.8 Å². The van der Waals surface area contributed by atoms with Crippen molar-refractivity contribution in [3.63, 3.8) is 0 Å². The maximum absolute atomic E-state index is 12.5. The molecule has 0 aliphatic carbocycles. The fourth-order valence-electron chi connectivity index (χ4n) is 2.98. The summed E-state index contributed by atoms with van der Waals surface area (Å²) in [6.07, 6.45) is 3.58. The number of piperidine rings is 1. The number of nitrogens with zero attached hydrogens (tertiary/aromatic N) is 1. The van der Waals surface area contributed by atoms with E-state index in [1.54, 1.807) is 0 Å². The number of hydrogen-bond acceptors (Lipinski definition) is 3. The molecule has 130 valence electrons. The molecule has 1 aromatic carbocycles. The van der Waals surface area contributed by atoms with Crippen molar-refractivity contribution in [1.82, 2.24) is 10.2 Å². The predicted octanol–water partition coefficient (Wildman–Crippen LogP) is 3.18. The van der Waals surface area contributed by atoms with Gasteiger partial charge in [0.2, 0.25) is 5.91 Å². The Kier molecular flexibility index (Phi) is 9.03. The first-order chi connectivity index (χ1) is 10.7. The molecule has 0 aromatic heterocycles. The SMILES string of the molecule is CCCN(C(=O)CCOc1cccc(C)c1)C1CCNCC1.Cl. The number of hydrogen-bond donors (Lipinski definition) is 1. The summed E-state index contributed by atoms with van der Waals surface area (Å²) in [6, 6.07) is 8.35. The Labute approximate surface area is 146 Å². The summed E-state index contributed by atoms with van der Waals surface area (Å²) in [6.45, 7) is 7.50. The fraction of sp³-hybridized carbons (Fsp3) is 0.611. The number of nitrogens with one attached hydrogen (secondary N) is 1. The molecule has 0 spiro atoms. The van der Waals surface area contributed by atoms with Gasteiger partial charge in [-0.3, -0.25) is 4.79 Å². The normalized spacial score (nSPS) is 14.9. The number of amides is 1. The van der Waals surface area contributed by atoms with Gasteiger partial charge in [-0.05, 0) is 57.0 Å². The molecular formula is C18H29ClN2O2. The van der Waals surface area contributed by atoms with Crippen LogP contribution < -0.4 is 10.1 Å². The van der Waals surface area contributed by atoms with Gasteiger partial charge in [-0.25, -0.2) is 0 Å². The van der Waals surface area contributed by atoms with Crippen LogP contribution in [0.15, 0.2) is 24.3 Å². The molecule has 0 saturated carbocycles. The molecule has 1 saturated heterocycles. The number of ether oxygens (including phenoxy) is 1.